The van der Waals surface area contributed by atoms with Crippen molar-refractivity contribution in [2.45, 2.75) is 18.9 Å². The van der Waals surface area contributed by atoms with Gasteiger partial charge in [0.25, 0.3) is 0 Å². The quantitative estimate of drug-likeness (QED) is 0.687. The first kappa shape index (κ1) is 8.61. The van der Waals surface area contributed by atoms with Crippen LogP contribution in [0.5, 0.6) is 0 Å². The molecule has 3 aliphatic heterocycles. The van der Waals surface area contributed by atoms with E-state index in [0.29, 0.717) is 6.04 Å². The zero-order chi connectivity index (χ0) is 9.38. The van der Waals surface area contributed by atoms with Crippen molar-refractivity contribution in [2.24, 2.45) is 0 Å². The van der Waals surface area contributed by atoms with E-state index < -0.39 is 0 Å². The van der Waals surface area contributed by atoms with Crippen molar-refractivity contribution in [2.75, 3.05) is 31.1 Å². The lowest BCUT2D eigenvalue weighted by Crippen LogP contribution is -2.37. The number of piperidine rings is 1. The maximum atomic E-state index is 4.17. The molecule has 1 aromatic rings. The summed E-state index contributed by atoms with van der Waals surface area (Å²) in [6, 6.07) is 0.710. The van der Waals surface area contributed by atoms with Gasteiger partial charge in [0.2, 0.25) is 5.13 Å². The number of rotatable bonds is 1. The van der Waals surface area contributed by atoms with Crippen LogP contribution in [-0.4, -0.2) is 47.3 Å². The molecular weight excluding hydrogens is 196 g/mol. The molecule has 0 atom stereocenters. The van der Waals surface area contributed by atoms with Crippen molar-refractivity contribution < 1.29 is 0 Å². The summed E-state index contributed by atoms with van der Waals surface area (Å²) >= 11 is 1.66. The Hall–Kier alpha value is -0.680. The van der Waals surface area contributed by atoms with Crippen LogP contribution in [0.15, 0.2) is 5.51 Å². The summed E-state index contributed by atoms with van der Waals surface area (Å²) in [4.78, 5) is 5.00. The Balaban J connectivity index is 1.85. The van der Waals surface area contributed by atoms with Crippen molar-refractivity contribution in [1.29, 1.82) is 0 Å². The fourth-order valence-electron chi connectivity index (χ4n) is 2.43. The van der Waals surface area contributed by atoms with Gasteiger partial charge in [0.1, 0.15) is 5.51 Å². The van der Waals surface area contributed by atoms with Crippen LogP contribution in [0.2, 0.25) is 0 Å². The molecule has 3 fully saturated rings. The summed E-state index contributed by atoms with van der Waals surface area (Å²) in [5.41, 5.74) is 1.83. The average molecular weight is 210 g/mol. The lowest BCUT2D eigenvalue weighted by molar-refractivity contribution is 0.250. The predicted octanol–water partition coefficient (Wildman–Crippen LogP) is 0.822. The summed E-state index contributed by atoms with van der Waals surface area (Å²) in [6.45, 7) is 4.84. The van der Waals surface area contributed by atoms with Gasteiger partial charge in [-0.1, -0.05) is 11.3 Å². The molecule has 4 nitrogen and oxygen atoms in total. The molecule has 0 aromatic carbocycles. The number of nitrogens with zero attached hydrogens (tertiary/aromatic N) is 4. The SMILES string of the molecule is c1nnc(N2CCN3CCC2CC3)s1. The van der Waals surface area contributed by atoms with Gasteiger partial charge in [-0.15, -0.1) is 10.2 Å². The van der Waals surface area contributed by atoms with Crippen molar-refractivity contribution in [3.05, 3.63) is 5.51 Å². The number of anilines is 1. The van der Waals surface area contributed by atoms with Crippen LogP contribution in [-0.2, 0) is 0 Å². The molecule has 4 rings (SSSR count). The zero-order valence-electron chi connectivity index (χ0n) is 8.09. The summed E-state index contributed by atoms with van der Waals surface area (Å²) in [5, 5.41) is 9.21. The van der Waals surface area contributed by atoms with Crippen molar-refractivity contribution >= 4 is 16.5 Å². The van der Waals surface area contributed by atoms with E-state index in [0.717, 1.165) is 11.7 Å². The van der Waals surface area contributed by atoms with Gasteiger partial charge in [0, 0.05) is 32.2 Å². The molecule has 0 radical (unpaired) electrons. The second kappa shape index (κ2) is 3.47. The summed E-state index contributed by atoms with van der Waals surface area (Å²) in [7, 11) is 0. The average Bonchev–Trinajstić information content (AvgIpc) is 2.60. The molecule has 2 bridgehead atoms. The van der Waals surface area contributed by atoms with E-state index in [9.17, 15) is 0 Å². The van der Waals surface area contributed by atoms with Crippen LogP contribution < -0.4 is 4.90 Å². The minimum atomic E-state index is 0.710. The number of aromatic nitrogens is 2. The molecule has 0 spiro atoms. The first-order valence-corrected chi connectivity index (χ1v) is 6.06. The Morgan fingerprint density at radius 3 is 2.79 bits per heavy atom. The first-order valence-electron chi connectivity index (χ1n) is 5.18. The second-order valence-corrected chi connectivity index (χ2v) is 4.80. The van der Waals surface area contributed by atoms with Crippen LogP contribution in [0.1, 0.15) is 12.8 Å². The third-order valence-electron chi connectivity index (χ3n) is 3.25. The fourth-order valence-corrected chi connectivity index (χ4v) is 3.09. The topological polar surface area (TPSA) is 32.3 Å². The highest BCUT2D eigenvalue weighted by atomic mass is 32.1. The molecule has 4 heterocycles. The number of hydrogen-bond donors (Lipinski definition) is 0. The van der Waals surface area contributed by atoms with Gasteiger partial charge < -0.3 is 9.80 Å². The molecule has 0 unspecified atom stereocenters. The van der Waals surface area contributed by atoms with Crippen molar-refractivity contribution in [1.82, 2.24) is 15.1 Å². The molecule has 3 saturated heterocycles. The lowest BCUT2D eigenvalue weighted by atomic mass is 10.1. The monoisotopic (exact) mass is 210 g/mol. The predicted molar refractivity (Wildman–Crippen MR) is 56.7 cm³/mol. The van der Waals surface area contributed by atoms with E-state index in [-0.39, 0.29) is 0 Å². The summed E-state index contributed by atoms with van der Waals surface area (Å²) in [5.74, 6) is 0. The summed E-state index contributed by atoms with van der Waals surface area (Å²) < 4.78 is 0. The molecule has 76 valence electrons. The zero-order valence-corrected chi connectivity index (χ0v) is 8.91. The Morgan fingerprint density at radius 2 is 2.07 bits per heavy atom. The van der Waals surface area contributed by atoms with Crippen LogP contribution in [0.25, 0.3) is 0 Å². The molecule has 0 N–H and O–H groups in total. The van der Waals surface area contributed by atoms with Gasteiger partial charge in [-0.2, -0.15) is 0 Å². The van der Waals surface area contributed by atoms with Crippen molar-refractivity contribution in [3.8, 4) is 0 Å². The summed E-state index contributed by atoms with van der Waals surface area (Å²) in [6.07, 6.45) is 2.58. The number of hydrogen-bond acceptors (Lipinski definition) is 5. The maximum Gasteiger partial charge on any atom is 0.208 e. The highest BCUT2D eigenvalue weighted by Gasteiger charge is 2.30. The molecule has 0 amide bonds. The van der Waals surface area contributed by atoms with Gasteiger partial charge in [-0.05, 0) is 12.8 Å². The van der Waals surface area contributed by atoms with E-state index in [2.05, 4.69) is 20.0 Å². The molecule has 5 heteroatoms. The molecule has 1 aromatic heterocycles. The van der Waals surface area contributed by atoms with Crippen LogP contribution in [0.3, 0.4) is 0 Å². The Morgan fingerprint density at radius 1 is 1.21 bits per heavy atom. The van der Waals surface area contributed by atoms with Crippen molar-refractivity contribution in [3.63, 3.8) is 0 Å². The van der Waals surface area contributed by atoms with E-state index in [1.807, 2.05) is 5.51 Å². The standard InChI is InChI=1S/C9H14N4S/c1-3-12-4-2-8(1)13(6-5-12)9-11-10-7-14-9/h7-8H,1-6H2. The smallest absolute Gasteiger partial charge is 0.208 e. The van der Waals surface area contributed by atoms with Crippen LogP contribution >= 0.6 is 11.3 Å². The Bertz CT molecular complexity index is 292. The molecule has 3 aliphatic rings. The third-order valence-corrected chi connectivity index (χ3v) is 3.98. The van der Waals surface area contributed by atoms with Crippen LogP contribution in [0.4, 0.5) is 5.13 Å². The van der Waals surface area contributed by atoms with Gasteiger partial charge in [0.05, 0.1) is 0 Å². The molecule has 0 aliphatic carbocycles. The molecule has 0 saturated carbocycles. The Labute approximate surface area is 87.5 Å². The maximum absolute atomic E-state index is 4.17. The molecular formula is C9H14N4S. The van der Waals surface area contributed by atoms with E-state index in [1.165, 1.54) is 32.5 Å². The minimum absolute atomic E-state index is 0.710. The third kappa shape index (κ3) is 1.40. The molecule has 14 heavy (non-hydrogen) atoms. The second-order valence-electron chi connectivity index (χ2n) is 3.99. The normalized spacial score (nSPS) is 31.9. The first-order chi connectivity index (χ1) is 6.93. The van der Waals surface area contributed by atoms with Crippen LogP contribution in [0, 0.1) is 0 Å². The van der Waals surface area contributed by atoms with Gasteiger partial charge in [-0.3, -0.25) is 0 Å². The highest BCUT2D eigenvalue weighted by Crippen LogP contribution is 2.27. The number of fused-ring (bicyclic) bond motifs is 4. The lowest BCUT2D eigenvalue weighted by Gasteiger charge is -2.30. The fraction of sp³-hybridized carbons (Fsp3) is 0.778. The highest BCUT2D eigenvalue weighted by molar-refractivity contribution is 7.13. The Kier molecular flexibility index (Phi) is 2.14. The van der Waals surface area contributed by atoms with E-state index >= 15 is 0 Å². The van der Waals surface area contributed by atoms with Gasteiger partial charge >= 0.3 is 0 Å². The van der Waals surface area contributed by atoms with Gasteiger partial charge in [-0.25, -0.2) is 0 Å². The minimum Gasteiger partial charge on any atom is -0.342 e. The van der Waals surface area contributed by atoms with E-state index in [1.54, 1.807) is 11.3 Å². The largest absolute Gasteiger partial charge is 0.342 e. The van der Waals surface area contributed by atoms with Gasteiger partial charge in [0.15, 0.2) is 0 Å². The van der Waals surface area contributed by atoms with E-state index in [4.69, 9.17) is 0 Å².